The van der Waals surface area contributed by atoms with Crippen molar-refractivity contribution in [3.05, 3.63) is 59.0 Å². The SMILES string of the molecule is CN1CCN(C2=NC(=O)/C(=C/c3ccc(N4CCC(NCC(O)COc5ccc(O)cc5)CC4)cc3)S2)CC1. The maximum atomic E-state index is 12.5. The summed E-state index contributed by atoms with van der Waals surface area (Å²) in [5.74, 6) is 0.665. The molecule has 0 spiro atoms. The van der Waals surface area contributed by atoms with Crippen LogP contribution in [-0.4, -0.2) is 103 Å². The quantitative estimate of drug-likeness (QED) is 0.428. The van der Waals surface area contributed by atoms with Gasteiger partial charge in [-0.15, -0.1) is 0 Å². The Morgan fingerprint density at radius 1 is 1.03 bits per heavy atom. The molecule has 3 aliphatic rings. The molecule has 0 aliphatic carbocycles. The van der Waals surface area contributed by atoms with E-state index in [4.69, 9.17) is 4.74 Å². The van der Waals surface area contributed by atoms with Gasteiger partial charge in [0.25, 0.3) is 5.91 Å². The summed E-state index contributed by atoms with van der Waals surface area (Å²) in [7, 11) is 2.12. The largest absolute Gasteiger partial charge is 0.508 e. The maximum Gasteiger partial charge on any atom is 0.286 e. The minimum Gasteiger partial charge on any atom is -0.508 e. The van der Waals surface area contributed by atoms with Gasteiger partial charge in [-0.05, 0) is 79.7 Å². The lowest BCUT2D eigenvalue weighted by molar-refractivity contribution is -0.113. The lowest BCUT2D eigenvalue weighted by atomic mass is 10.0. The van der Waals surface area contributed by atoms with Gasteiger partial charge < -0.3 is 35.0 Å². The summed E-state index contributed by atoms with van der Waals surface area (Å²) in [6.45, 7) is 6.33. The first-order valence-electron chi connectivity index (χ1n) is 13.6. The molecule has 3 aliphatic heterocycles. The van der Waals surface area contributed by atoms with Crippen LogP contribution >= 0.6 is 11.8 Å². The highest BCUT2D eigenvalue weighted by atomic mass is 32.2. The molecule has 9 nitrogen and oxygen atoms in total. The molecule has 2 saturated heterocycles. The standard InChI is InChI=1S/C29H37N5O4S/c1-32-14-16-34(17-15-32)29-31-28(37)27(39-29)18-21-2-4-23(5-3-21)33-12-10-22(11-13-33)30-19-25(36)20-38-26-8-6-24(35)7-9-26/h2-9,18,22,25,30,35-36H,10-17,19-20H2,1H3/b27-18-. The number of carbonyl (C=O) groups excluding carboxylic acids is 1. The number of amidine groups is 1. The Kier molecular flexibility index (Phi) is 9.08. The molecule has 2 aromatic rings. The molecular formula is C29H37N5O4S. The summed E-state index contributed by atoms with van der Waals surface area (Å²) in [5.41, 5.74) is 2.18. The number of rotatable bonds is 8. The lowest BCUT2D eigenvalue weighted by Gasteiger charge is -2.34. The number of likely N-dealkylation sites (N-methyl/N-ethyl adjacent to an activating group) is 1. The van der Waals surface area contributed by atoms with E-state index < -0.39 is 6.10 Å². The number of carbonyl (C=O) groups is 1. The molecule has 1 atom stereocenters. The Hall–Kier alpha value is -3.05. The maximum absolute atomic E-state index is 12.5. The van der Waals surface area contributed by atoms with Gasteiger partial charge in [0.05, 0.1) is 4.91 Å². The predicted octanol–water partition coefficient (Wildman–Crippen LogP) is 2.61. The van der Waals surface area contributed by atoms with Crippen molar-refractivity contribution < 1.29 is 19.7 Å². The summed E-state index contributed by atoms with van der Waals surface area (Å²) < 4.78 is 5.59. The fourth-order valence-electron chi connectivity index (χ4n) is 4.90. The van der Waals surface area contributed by atoms with Gasteiger partial charge in [-0.25, -0.2) is 0 Å². The number of ether oxygens (including phenoxy) is 1. The number of hydrogen-bond donors (Lipinski definition) is 3. The number of aliphatic hydroxyl groups excluding tert-OH is 1. The number of phenolic OH excluding ortho intramolecular Hbond substituents is 1. The average Bonchev–Trinajstić information content (AvgIpc) is 3.32. The van der Waals surface area contributed by atoms with Crippen LogP contribution in [0.15, 0.2) is 58.4 Å². The van der Waals surface area contributed by atoms with E-state index >= 15 is 0 Å². The summed E-state index contributed by atoms with van der Waals surface area (Å²) >= 11 is 1.48. The van der Waals surface area contributed by atoms with E-state index in [2.05, 4.69) is 56.3 Å². The summed E-state index contributed by atoms with van der Waals surface area (Å²) in [4.78, 5) is 24.3. The fourth-order valence-corrected chi connectivity index (χ4v) is 5.87. The van der Waals surface area contributed by atoms with Gasteiger partial charge in [0.15, 0.2) is 5.17 Å². The van der Waals surface area contributed by atoms with Gasteiger partial charge in [0, 0.05) is 57.5 Å². The van der Waals surface area contributed by atoms with E-state index in [0.717, 1.165) is 62.8 Å². The fraction of sp³-hybridized carbons (Fsp3) is 0.448. The number of aromatic hydroxyl groups is 1. The second-order valence-electron chi connectivity index (χ2n) is 10.3. The molecule has 0 aromatic heterocycles. The summed E-state index contributed by atoms with van der Waals surface area (Å²) in [6, 6.07) is 15.2. The molecule has 5 rings (SSSR count). The number of piperidine rings is 1. The van der Waals surface area contributed by atoms with E-state index in [0.29, 0.717) is 23.2 Å². The minimum atomic E-state index is -0.605. The number of aliphatic hydroxyl groups is 1. The van der Waals surface area contributed by atoms with Crippen LogP contribution < -0.4 is 15.0 Å². The molecule has 2 fully saturated rings. The predicted molar refractivity (Wildman–Crippen MR) is 156 cm³/mol. The van der Waals surface area contributed by atoms with Crippen LogP contribution in [0.1, 0.15) is 18.4 Å². The van der Waals surface area contributed by atoms with Gasteiger partial charge in [0.2, 0.25) is 0 Å². The van der Waals surface area contributed by atoms with E-state index in [-0.39, 0.29) is 18.3 Å². The van der Waals surface area contributed by atoms with Crippen molar-refractivity contribution in [3.8, 4) is 11.5 Å². The number of benzene rings is 2. The van der Waals surface area contributed by atoms with Crippen LogP contribution in [0.2, 0.25) is 0 Å². The lowest BCUT2D eigenvalue weighted by Crippen LogP contribution is -2.46. The van der Waals surface area contributed by atoms with Crippen molar-refractivity contribution in [1.82, 2.24) is 15.1 Å². The van der Waals surface area contributed by atoms with Gasteiger partial charge in [-0.2, -0.15) is 4.99 Å². The van der Waals surface area contributed by atoms with Crippen LogP contribution in [0.5, 0.6) is 11.5 Å². The Labute approximate surface area is 234 Å². The molecule has 2 aromatic carbocycles. The van der Waals surface area contributed by atoms with Gasteiger partial charge >= 0.3 is 0 Å². The molecule has 0 saturated carbocycles. The Balaban J connectivity index is 1.04. The van der Waals surface area contributed by atoms with E-state index in [1.54, 1.807) is 24.3 Å². The third kappa shape index (κ3) is 7.54. The molecular weight excluding hydrogens is 514 g/mol. The first-order chi connectivity index (χ1) is 18.9. The van der Waals surface area contributed by atoms with E-state index in [9.17, 15) is 15.0 Å². The molecule has 208 valence electrons. The molecule has 0 bridgehead atoms. The van der Waals surface area contributed by atoms with E-state index in [1.807, 2.05) is 6.08 Å². The van der Waals surface area contributed by atoms with Gasteiger partial charge in [0.1, 0.15) is 24.2 Å². The van der Waals surface area contributed by atoms with Crippen molar-refractivity contribution in [2.75, 3.05) is 64.4 Å². The van der Waals surface area contributed by atoms with E-state index in [1.165, 1.54) is 17.4 Å². The molecule has 1 unspecified atom stereocenters. The number of nitrogens with zero attached hydrogens (tertiary/aromatic N) is 4. The zero-order valence-corrected chi connectivity index (χ0v) is 23.1. The molecule has 1 amide bonds. The number of phenols is 1. The second-order valence-corrected chi connectivity index (χ2v) is 11.3. The molecule has 39 heavy (non-hydrogen) atoms. The highest BCUT2D eigenvalue weighted by Gasteiger charge is 2.28. The number of aliphatic imine (C=N–C) groups is 1. The number of piperazine rings is 1. The topological polar surface area (TPSA) is 101 Å². The van der Waals surface area contributed by atoms with Crippen molar-refractivity contribution in [3.63, 3.8) is 0 Å². The zero-order chi connectivity index (χ0) is 27.2. The molecule has 10 heteroatoms. The monoisotopic (exact) mass is 551 g/mol. The van der Waals surface area contributed by atoms with Crippen LogP contribution in [0.4, 0.5) is 5.69 Å². The zero-order valence-electron chi connectivity index (χ0n) is 22.3. The van der Waals surface area contributed by atoms with Crippen molar-refractivity contribution in [2.24, 2.45) is 4.99 Å². The number of hydrogen-bond acceptors (Lipinski definition) is 9. The smallest absolute Gasteiger partial charge is 0.286 e. The van der Waals surface area contributed by atoms with Crippen LogP contribution in [-0.2, 0) is 4.79 Å². The number of nitrogens with one attached hydrogen (secondary N) is 1. The second kappa shape index (κ2) is 12.9. The van der Waals surface area contributed by atoms with Crippen LogP contribution in [0.3, 0.4) is 0 Å². The van der Waals surface area contributed by atoms with Crippen molar-refractivity contribution >= 4 is 34.6 Å². The first kappa shape index (κ1) is 27.5. The van der Waals surface area contributed by atoms with Crippen molar-refractivity contribution in [2.45, 2.75) is 25.0 Å². The molecule has 0 radical (unpaired) electrons. The highest BCUT2D eigenvalue weighted by molar-refractivity contribution is 8.18. The first-order valence-corrected chi connectivity index (χ1v) is 14.4. The number of anilines is 1. The Morgan fingerprint density at radius 2 is 1.72 bits per heavy atom. The van der Waals surface area contributed by atoms with Gasteiger partial charge in [-0.1, -0.05) is 12.1 Å². The summed E-state index contributed by atoms with van der Waals surface area (Å²) in [5, 5.41) is 23.9. The van der Waals surface area contributed by atoms with Crippen LogP contribution in [0, 0.1) is 0 Å². The average molecular weight is 552 g/mol. The third-order valence-corrected chi connectivity index (χ3v) is 8.40. The molecule has 3 heterocycles. The Bertz CT molecular complexity index is 1170. The van der Waals surface area contributed by atoms with Crippen LogP contribution in [0.25, 0.3) is 6.08 Å². The van der Waals surface area contributed by atoms with Gasteiger partial charge in [-0.3, -0.25) is 4.79 Å². The number of amides is 1. The molecule has 3 N–H and O–H groups in total. The third-order valence-electron chi connectivity index (χ3n) is 7.36. The number of thioether (sulfide) groups is 1. The normalized spacial score (nSPS) is 20.9. The Morgan fingerprint density at radius 3 is 2.41 bits per heavy atom. The minimum absolute atomic E-state index is 0.149. The van der Waals surface area contributed by atoms with Crippen molar-refractivity contribution in [1.29, 1.82) is 0 Å². The highest BCUT2D eigenvalue weighted by Crippen LogP contribution is 2.31. The summed E-state index contributed by atoms with van der Waals surface area (Å²) in [6.07, 6.45) is 3.33.